The molecule has 0 aromatic carbocycles. The molecule has 0 aliphatic rings. The van der Waals surface area contributed by atoms with Crippen LogP contribution in [-0.2, 0) is 11.3 Å². The van der Waals surface area contributed by atoms with Gasteiger partial charge in [0, 0.05) is 24.5 Å². The minimum Gasteiger partial charge on any atom is -0.395 e. The Morgan fingerprint density at radius 2 is 2.30 bits per heavy atom. The fourth-order valence-corrected chi connectivity index (χ4v) is 3.35. The molecule has 4 nitrogen and oxygen atoms in total. The SMILES string of the molecule is C=CCN(CCO)CC(=O)N(CC)Cc1ccc(Br)s1. The largest absolute Gasteiger partial charge is 0.395 e. The molecule has 0 saturated carbocycles. The lowest BCUT2D eigenvalue weighted by molar-refractivity contribution is -0.132. The van der Waals surface area contributed by atoms with Crippen molar-refractivity contribution >= 4 is 33.2 Å². The van der Waals surface area contributed by atoms with E-state index in [4.69, 9.17) is 5.11 Å². The van der Waals surface area contributed by atoms with Crippen LogP contribution < -0.4 is 0 Å². The number of carbonyl (C=O) groups excluding carboxylic acids is 1. The first-order chi connectivity index (χ1) is 9.60. The highest BCUT2D eigenvalue weighted by Gasteiger charge is 2.16. The van der Waals surface area contributed by atoms with E-state index in [9.17, 15) is 4.79 Å². The Balaban J connectivity index is 2.58. The summed E-state index contributed by atoms with van der Waals surface area (Å²) in [5.74, 6) is 0.0762. The molecular formula is C14H21BrN2O2S. The fraction of sp³-hybridized carbons (Fsp3) is 0.500. The fourth-order valence-electron chi connectivity index (χ4n) is 1.85. The summed E-state index contributed by atoms with van der Waals surface area (Å²) in [4.78, 5) is 17.2. The molecule has 0 spiro atoms. The molecule has 0 bridgehead atoms. The van der Waals surface area contributed by atoms with E-state index >= 15 is 0 Å². The summed E-state index contributed by atoms with van der Waals surface area (Å²) < 4.78 is 1.07. The molecule has 0 fully saturated rings. The van der Waals surface area contributed by atoms with E-state index in [-0.39, 0.29) is 12.5 Å². The molecule has 6 heteroatoms. The minimum atomic E-state index is 0.0467. The smallest absolute Gasteiger partial charge is 0.237 e. The van der Waals surface area contributed by atoms with Crippen LogP contribution >= 0.6 is 27.3 Å². The highest BCUT2D eigenvalue weighted by Crippen LogP contribution is 2.23. The zero-order valence-electron chi connectivity index (χ0n) is 11.7. The molecule has 0 aliphatic heterocycles. The average Bonchev–Trinajstić information content (AvgIpc) is 2.82. The van der Waals surface area contributed by atoms with E-state index in [1.807, 2.05) is 28.9 Å². The van der Waals surface area contributed by atoms with Gasteiger partial charge >= 0.3 is 0 Å². The third kappa shape index (κ3) is 5.75. The first-order valence-corrected chi connectivity index (χ1v) is 8.17. The Kier molecular flexibility index (Phi) is 8.06. The normalized spacial score (nSPS) is 10.8. The second kappa shape index (κ2) is 9.28. The molecule has 1 amide bonds. The van der Waals surface area contributed by atoms with Gasteiger partial charge in [-0.1, -0.05) is 6.08 Å². The van der Waals surface area contributed by atoms with E-state index in [1.54, 1.807) is 17.4 Å². The van der Waals surface area contributed by atoms with Crippen molar-refractivity contribution in [3.05, 3.63) is 33.5 Å². The number of thiophene rings is 1. The van der Waals surface area contributed by atoms with Gasteiger partial charge < -0.3 is 10.0 Å². The van der Waals surface area contributed by atoms with Crippen LogP contribution in [0.2, 0.25) is 0 Å². The van der Waals surface area contributed by atoms with Crippen LogP contribution in [0.3, 0.4) is 0 Å². The van der Waals surface area contributed by atoms with E-state index in [0.29, 0.717) is 32.7 Å². The van der Waals surface area contributed by atoms with Crippen LogP contribution in [0.4, 0.5) is 0 Å². The second-order valence-corrected chi connectivity index (χ2v) is 6.91. The molecule has 0 radical (unpaired) electrons. The summed E-state index contributed by atoms with van der Waals surface area (Å²) in [7, 11) is 0. The van der Waals surface area contributed by atoms with Crippen molar-refractivity contribution in [1.82, 2.24) is 9.80 Å². The monoisotopic (exact) mass is 360 g/mol. The third-order valence-electron chi connectivity index (χ3n) is 2.87. The third-order valence-corrected chi connectivity index (χ3v) is 4.48. The van der Waals surface area contributed by atoms with Gasteiger partial charge in [-0.15, -0.1) is 17.9 Å². The van der Waals surface area contributed by atoms with Crippen molar-refractivity contribution in [2.24, 2.45) is 0 Å². The van der Waals surface area contributed by atoms with Crippen LogP contribution in [0.5, 0.6) is 0 Å². The summed E-state index contributed by atoms with van der Waals surface area (Å²) in [5, 5.41) is 9.01. The predicted molar refractivity (Wildman–Crippen MR) is 86.8 cm³/mol. The Morgan fingerprint density at radius 1 is 1.55 bits per heavy atom. The summed E-state index contributed by atoms with van der Waals surface area (Å²) >= 11 is 5.07. The van der Waals surface area contributed by atoms with Gasteiger partial charge in [-0.05, 0) is 35.0 Å². The van der Waals surface area contributed by atoms with Gasteiger partial charge in [0.15, 0.2) is 0 Å². The maximum Gasteiger partial charge on any atom is 0.237 e. The maximum atomic E-state index is 12.3. The summed E-state index contributed by atoms with van der Waals surface area (Å²) in [6, 6.07) is 4.02. The van der Waals surface area contributed by atoms with E-state index in [1.165, 1.54) is 0 Å². The number of nitrogens with zero attached hydrogens (tertiary/aromatic N) is 2. The van der Waals surface area contributed by atoms with Crippen molar-refractivity contribution in [2.75, 3.05) is 32.8 Å². The molecule has 1 heterocycles. The summed E-state index contributed by atoms with van der Waals surface area (Å²) in [5.41, 5.74) is 0. The molecule has 1 aromatic heterocycles. The summed E-state index contributed by atoms with van der Waals surface area (Å²) in [6.07, 6.45) is 1.75. The number of hydrogen-bond donors (Lipinski definition) is 1. The van der Waals surface area contributed by atoms with Crippen molar-refractivity contribution in [3.63, 3.8) is 0 Å². The Morgan fingerprint density at radius 3 is 2.80 bits per heavy atom. The van der Waals surface area contributed by atoms with Crippen LogP contribution in [-0.4, -0.2) is 53.6 Å². The van der Waals surface area contributed by atoms with Gasteiger partial charge in [0.25, 0.3) is 0 Å². The Labute approximate surface area is 132 Å². The molecular weight excluding hydrogens is 340 g/mol. The molecule has 0 unspecified atom stereocenters. The van der Waals surface area contributed by atoms with Crippen LogP contribution in [0.1, 0.15) is 11.8 Å². The summed E-state index contributed by atoms with van der Waals surface area (Å²) in [6.45, 7) is 8.41. The Bertz CT molecular complexity index is 437. The first kappa shape index (κ1) is 17.4. The average molecular weight is 361 g/mol. The lowest BCUT2D eigenvalue weighted by Gasteiger charge is -2.25. The van der Waals surface area contributed by atoms with Crippen LogP contribution in [0.25, 0.3) is 0 Å². The van der Waals surface area contributed by atoms with Crippen LogP contribution in [0, 0.1) is 0 Å². The van der Waals surface area contributed by atoms with Gasteiger partial charge in [-0.2, -0.15) is 0 Å². The number of carbonyl (C=O) groups is 1. The minimum absolute atomic E-state index is 0.0467. The predicted octanol–water partition coefficient (Wildman–Crippen LogP) is 2.34. The van der Waals surface area contributed by atoms with Gasteiger partial charge in [0.05, 0.1) is 23.5 Å². The number of halogens is 1. The lowest BCUT2D eigenvalue weighted by Crippen LogP contribution is -2.41. The van der Waals surface area contributed by atoms with E-state index in [0.717, 1.165) is 8.66 Å². The molecule has 0 aliphatic carbocycles. The van der Waals surface area contributed by atoms with Crippen molar-refractivity contribution < 1.29 is 9.90 Å². The molecule has 112 valence electrons. The standard InChI is InChI=1S/C14H21BrN2O2S/c1-3-7-16(8-9-18)11-14(19)17(4-2)10-12-5-6-13(15)20-12/h3,5-6,18H,1,4,7-11H2,2H3. The molecule has 1 rings (SSSR count). The molecule has 20 heavy (non-hydrogen) atoms. The maximum absolute atomic E-state index is 12.3. The van der Waals surface area contributed by atoms with Crippen molar-refractivity contribution in [2.45, 2.75) is 13.5 Å². The molecule has 0 atom stereocenters. The highest BCUT2D eigenvalue weighted by atomic mass is 79.9. The molecule has 1 N–H and O–H groups in total. The van der Waals surface area contributed by atoms with E-state index < -0.39 is 0 Å². The number of hydrogen-bond acceptors (Lipinski definition) is 4. The first-order valence-electron chi connectivity index (χ1n) is 6.56. The zero-order valence-corrected chi connectivity index (χ0v) is 14.1. The van der Waals surface area contributed by atoms with Gasteiger partial charge in [0.1, 0.15) is 0 Å². The lowest BCUT2D eigenvalue weighted by atomic mass is 10.3. The number of likely N-dealkylation sites (N-methyl/N-ethyl adjacent to an activating group) is 1. The van der Waals surface area contributed by atoms with Gasteiger partial charge in [-0.25, -0.2) is 0 Å². The zero-order chi connectivity index (χ0) is 15.0. The number of aliphatic hydroxyl groups excluding tert-OH is 1. The molecule has 0 saturated heterocycles. The Hall–Kier alpha value is -0.690. The number of aliphatic hydroxyl groups is 1. The van der Waals surface area contributed by atoms with Crippen LogP contribution in [0.15, 0.2) is 28.6 Å². The quantitative estimate of drug-likeness (QED) is 0.687. The topological polar surface area (TPSA) is 43.8 Å². The van der Waals surface area contributed by atoms with Gasteiger partial charge in [0.2, 0.25) is 5.91 Å². The second-order valence-electron chi connectivity index (χ2n) is 4.36. The highest BCUT2D eigenvalue weighted by molar-refractivity contribution is 9.11. The number of amides is 1. The van der Waals surface area contributed by atoms with E-state index in [2.05, 4.69) is 22.5 Å². The van der Waals surface area contributed by atoms with Crippen molar-refractivity contribution in [1.29, 1.82) is 0 Å². The number of rotatable bonds is 9. The van der Waals surface area contributed by atoms with Crippen molar-refractivity contribution in [3.8, 4) is 0 Å². The molecule has 1 aromatic rings. The van der Waals surface area contributed by atoms with Gasteiger partial charge in [-0.3, -0.25) is 9.69 Å².